The fourth-order valence-corrected chi connectivity index (χ4v) is 10.3. The maximum absolute atomic E-state index is 4.77. The zero-order chi connectivity index (χ0) is 43.7. The fourth-order valence-electron chi connectivity index (χ4n) is 10.3. The van der Waals surface area contributed by atoms with Gasteiger partial charge < -0.3 is 0 Å². The first-order valence-corrected chi connectivity index (χ1v) is 23.1. The van der Waals surface area contributed by atoms with Gasteiger partial charge >= 0.3 is 0 Å². The van der Waals surface area contributed by atoms with Crippen LogP contribution in [0, 0.1) is 6.92 Å². The Labute approximate surface area is 383 Å². The van der Waals surface area contributed by atoms with Crippen molar-refractivity contribution in [1.29, 1.82) is 0 Å². The van der Waals surface area contributed by atoms with Crippen LogP contribution in [0.25, 0.3) is 90.2 Å². The lowest BCUT2D eigenvalue weighted by Crippen LogP contribution is -2.31. The van der Waals surface area contributed by atoms with E-state index in [1.165, 1.54) is 116 Å². The molecule has 0 unspecified atom stereocenters. The van der Waals surface area contributed by atoms with E-state index in [-0.39, 0.29) is 0 Å². The molecule has 0 heterocycles. The molecule has 11 rings (SSSR count). The molecule has 0 N–H and O–H groups in total. The highest BCUT2D eigenvalue weighted by atomic mass is 14.3. The predicted molar refractivity (Wildman–Crippen MR) is 279 cm³/mol. The molecule has 9 aromatic carbocycles. The van der Waals surface area contributed by atoms with Gasteiger partial charge in [-0.05, 0) is 172 Å². The van der Waals surface area contributed by atoms with Crippen molar-refractivity contribution in [2.75, 3.05) is 0 Å². The van der Waals surface area contributed by atoms with Crippen LogP contribution in [0.15, 0.2) is 218 Å². The predicted octanol–water partition coefficient (Wildman–Crippen LogP) is 15.8. The molecular weight excluding hydrogens is 781 g/mol. The molecule has 0 fully saturated rings. The van der Waals surface area contributed by atoms with E-state index in [1.54, 1.807) is 0 Å². The number of hydrogen-bond acceptors (Lipinski definition) is 0. The standard InChI is InChI=1S/C65H50/c1-44-56-35-17-15-23-47(56)37-39-58(44)62(59-40-38-48-24-16-18-36-57(48)45(59)2)55-34-20-32-53(42-55)52-31-19-33-54(41-52)61-43-60(46-21-7-3-8-22-46)63(49-25-9-4-10-26-49)65(51-29-13-6-14-30-51)64(61)50-27-11-5-12-28-50/h3-4,6-11,13-14,16-22,24-43H,1,5,12,15,23H2,2H3/b62-58-. The highest BCUT2D eigenvalue weighted by Gasteiger charge is 2.25. The summed E-state index contributed by atoms with van der Waals surface area (Å²) in [7, 11) is 0. The molecule has 0 spiro atoms. The minimum absolute atomic E-state index is 1.01. The lowest BCUT2D eigenvalue weighted by Gasteiger charge is -2.25. The van der Waals surface area contributed by atoms with Gasteiger partial charge in [-0.2, -0.15) is 0 Å². The highest BCUT2D eigenvalue weighted by molar-refractivity contribution is 6.06. The molecule has 0 nitrogen and oxygen atoms in total. The van der Waals surface area contributed by atoms with Crippen molar-refractivity contribution >= 4 is 34.6 Å². The van der Waals surface area contributed by atoms with Crippen molar-refractivity contribution in [1.82, 2.24) is 0 Å². The van der Waals surface area contributed by atoms with Crippen molar-refractivity contribution in [3.05, 3.63) is 262 Å². The molecule has 0 bridgehead atoms. The molecule has 2 aliphatic rings. The fraction of sp³-hybridized carbons (Fsp3) is 0.0769. The summed E-state index contributed by atoms with van der Waals surface area (Å²) in [6.07, 6.45) is 15.9. The first kappa shape index (κ1) is 40.0. The number of fused-ring (bicyclic) bond motifs is 2. The number of benzene rings is 9. The lowest BCUT2D eigenvalue weighted by atomic mass is 9.78. The maximum atomic E-state index is 4.77. The Morgan fingerprint density at radius 3 is 1.85 bits per heavy atom. The van der Waals surface area contributed by atoms with Gasteiger partial charge in [0.2, 0.25) is 0 Å². The van der Waals surface area contributed by atoms with Gasteiger partial charge in [0, 0.05) is 0 Å². The van der Waals surface area contributed by atoms with Gasteiger partial charge in [0.15, 0.2) is 0 Å². The Morgan fingerprint density at radius 2 is 1.09 bits per heavy atom. The van der Waals surface area contributed by atoms with Crippen LogP contribution in [0.5, 0.6) is 0 Å². The highest BCUT2D eigenvalue weighted by Crippen LogP contribution is 2.49. The van der Waals surface area contributed by atoms with Gasteiger partial charge in [-0.3, -0.25) is 0 Å². The van der Waals surface area contributed by atoms with Crippen molar-refractivity contribution < 1.29 is 0 Å². The Bertz CT molecular complexity index is 3470. The van der Waals surface area contributed by atoms with Gasteiger partial charge in [-0.25, -0.2) is 0 Å². The van der Waals surface area contributed by atoms with Crippen molar-refractivity contribution in [2.45, 2.75) is 32.6 Å². The van der Waals surface area contributed by atoms with Crippen LogP contribution in [0.4, 0.5) is 0 Å². The second-order valence-electron chi connectivity index (χ2n) is 17.4. The van der Waals surface area contributed by atoms with Gasteiger partial charge in [0.25, 0.3) is 0 Å². The van der Waals surface area contributed by atoms with E-state index in [0.29, 0.717) is 0 Å². The van der Waals surface area contributed by atoms with E-state index in [1.807, 2.05) is 0 Å². The summed E-state index contributed by atoms with van der Waals surface area (Å²) in [5.41, 5.74) is 22.2. The van der Waals surface area contributed by atoms with Crippen LogP contribution in [0.1, 0.15) is 52.6 Å². The molecule has 65 heavy (non-hydrogen) atoms. The van der Waals surface area contributed by atoms with Crippen LogP contribution in [-0.4, -0.2) is 0 Å². The molecule has 0 aliphatic heterocycles. The third kappa shape index (κ3) is 7.52. The van der Waals surface area contributed by atoms with E-state index in [9.17, 15) is 0 Å². The molecule has 9 aromatic rings. The topological polar surface area (TPSA) is 0 Å². The normalized spacial score (nSPS) is 13.6. The average Bonchev–Trinajstić information content (AvgIpc) is 3.38. The molecule has 0 heteroatoms. The Morgan fingerprint density at radius 1 is 0.462 bits per heavy atom. The SMILES string of the molecule is C=c1c2c(cc/c1=C(\c1cccc(-c3cccc(-c4cc(-c5ccccc5)c(-c5ccccc5)c(-c5ccccc5)c4C4=CCCC=C4)c3)c1)c1ccc3ccccc3c1C)CCC=C2. The summed E-state index contributed by atoms with van der Waals surface area (Å²) in [6.45, 7) is 7.05. The lowest BCUT2D eigenvalue weighted by molar-refractivity contribution is 0.980. The Hall–Kier alpha value is -7.80. The third-order valence-corrected chi connectivity index (χ3v) is 13.5. The zero-order valence-electron chi connectivity index (χ0n) is 36.9. The van der Waals surface area contributed by atoms with Gasteiger partial charge in [-0.1, -0.05) is 213 Å². The maximum Gasteiger partial charge on any atom is -0.00144 e. The largest absolute Gasteiger partial charge is 0.0905 e. The Kier molecular flexibility index (Phi) is 10.7. The van der Waals surface area contributed by atoms with Crippen LogP contribution in [0.3, 0.4) is 0 Å². The minimum Gasteiger partial charge on any atom is -0.0905 e. The smallest absolute Gasteiger partial charge is 0.00144 e. The van der Waals surface area contributed by atoms with Crippen molar-refractivity contribution in [2.24, 2.45) is 0 Å². The summed E-state index contributed by atoms with van der Waals surface area (Å²) in [4.78, 5) is 0. The first-order valence-electron chi connectivity index (χ1n) is 23.1. The molecule has 0 atom stereocenters. The molecule has 0 saturated carbocycles. The number of aryl methyl sites for hydroxylation is 2. The van der Waals surface area contributed by atoms with Crippen LogP contribution in [-0.2, 0) is 6.42 Å². The summed E-state index contributed by atoms with van der Waals surface area (Å²) >= 11 is 0. The molecule has 0 saturated heterocycles. The Balaban J connectivity index is 1.15. The summed E-state index contributed by atoms with van der Waals surface area (Å²) < 4.78 is 0. The third-order valence-electron chi connectivity index (χ3n) is 13.5. The minimum atomic E-state index is 1.01. The summed E-state index contributed by atoms with van der Waals surface area (Å²) in [5, 5.41) is 4.80. The van der Waals surface area contributed by atoms with Crippen molar-refractivity contribution in [3.63, 3.8) is 0 Å². The van der Waals surface area contributed by atoms with Gasteiger partial charge in [-0.15, -0.1) is 0 Å². The average molecular weight is 831 g/mol. The number of hydrogen-bond donors (Lipinski definition) is 0. The van der Waals surface area contributed by atoms with Crippen molar-refractivity contribution in [3.8, 4) is 55.6 Å². The molecule has 2 aliphatic carbocycles. The van der Waals surface area contributed by atoms with Crippen LogP contribution in [0.2, 0.25) is 0 Å². The van der Waals surface area contributed by atoms with E-state index in [2.05, 4.69) is 231 Å². The molecular formula is C65H50. The van der Waals surface area contributed by atoms with Gasteiger partial charge in [0.1, 0.15) is 0 Å². The second-order valence-corrected chi connectivity index (χ2v) is 17.4. The summed E-state index contributed by atoms with van der Waals surface area (Å²) in [6, 6.07) is 71.8. The second kappa shape index (κ2) is 17.4. The summed E-state index contributed by atoms with van der Waals surface area (Å²) in [5.74, 6) is 0. The molecule has 0 amide bonds. The zero-order valence-corrected chi connectivity index (χ0v) is 36.9. The first-order chi connectivity index (χ1) is 32.1. The molecule has 310 valence electrons. The number of rotatable bonds is 8. The van der Waals surface area contributed by atoms with E-state index in [4.69, 9.17) is 6.58 Å². The van der Waals surface area contributed by atoms with E-state index < -0.39 is 0 Å². The molecule has 0 aromatic heterocycles. The monoisotopic (exact) mass is 830 g/mol. The van der Waals surface area contributed by atoms with Crippen LogP contribution >= 0.6 is 0 Å². The number of allylic oxidation sites excluding steroid dienone is 5. The molecule has 0 radical (unpaired) electrons. The van der Waals surface area contributed by atoms with Gasteiger partial charge in [0.05, 0.1) is 0 Å². The van der Waals surface area contributed by atoms with E-state index in [0.717, 1.165) is 30.9 Å². The van der Waals surface area contributed by atoms with E-state index >= 15 is 0 Å². The quantitative estimate of drug-likeness (QED) is 0.143. The van der Waals surface area contributed by atoms with Crippen LogP contribution < -0.4 is 10.4 Å².